The summed E-state index contributed by atoms with van der Waals surface area (Å²) in [5.74, 6) is -3.11. The highest BCUT2D eigenvalue weighted by atomic mass is 16.7. The zero-order valence-electron chi connectivity index (χ0n) is 26.7. The van der Waals surface area contributed by atoms with E-state index < -0.39 is 54.5 Å². The zero-order valence-corrected chi connectivity index (χ0v) is 26.7. The lowest BCUT2D eigenvalue weighted by atomic mass is 9.97. The van der Waals surface area contributed by atoms with Crippen molar-refractivity contribution in [2.75, 3.05) is 11.5 Å². The van der Waals surface area contributed by atoms with Crippen LogP contribution in [0, 0.1) is 0 Å². The summed E-state index contributed by atoms with van der Waals surface area (Å²) in [6.07, 6.45) is 0.520. The lowest BCUT2D eigenvalue weighted by Crippen LogP contribution is -2.60. The molecule has 0 N–H and O–H groups in total. The Labute approximate surface area is 275 Å². The smallest absolute Gasteiger partial charge is 0.303 e. The first kappa shape index (κ1) is 33.7. The van der Waals surface area contributed by atoms with Gasteiger partial charge in [-0.15, -0.1) is 5.10 Å². The standard InChI is InChI=1S/C34H34N4O10/c1-20(39)44-19-29-30(45-21(2)40)31(46-22(3)41)32(47-23(4)42)34(48-29)38-18-25(35-36-38)17-37-28-16-9-8-14-26(28)27(33(37)43)15-10-13-24-11-6-5-7-12-24/h5-16,18,29-32,34H,17,19H2,1-4H3/b13-10+,27-15-/t29-,30-,31+,32-,34-/m1/s1. The lowest BCUT2D eigenvalue weighted by molar-refractivity contribution is -0.270. The normalized spacial score (nSPS) is 22.8. The van der Waals surface area contributed by atoms with Crippen molar-refractivity contribution < 1.29 is 47.7 Å². The average Bonchev–Trinajstić information content (AvgIpc) is 3.61. The average molecular weight is 659 g/mol. The molecular weight excluding hydrogens is 624 g/mol. The molecule has 0 radical (unpaired) electrons. The van der Waals surface area contributed by atoms with Crippen LogP contribution in [0.4, 0.5) is 5.69 Å². The number of para-hydroxylation sites is 1. The number of esters is 4. The van der Waals surface area contributed by atoms with Gasteiger partial charge < -0.3 is 28.6 Å². The van der Waals surface area contributed by atoms with Crippen LogP contribution in [0.5, 0.6) is 0 Å². The van der Waals surface area contributed by atoms with Crippen LogP contribution in [-0.2, 0) is 54.2 Å². The molecule has 5 atom stereocenters. The van der Waals surface area contributed by atoms with Crippen molar-refractivity contribution >= 4 is 47.1 Å². The minimum Gasteiger partial charge on any atom is -0.463 e. The highest BCUT2D eigenvalue weighted by Crippen LogP contribution is 2.38. The molecule has 0 unspecified atom stereocenters. The van der Waals surface area contributed by atoms with Crippen LogP contribution < -0.4 is 4.90 Å². The second-order valence-corrected chi connectivity index (χ2v) is 11.0. The highest BCUT2D eigenvalue weighted by molar-refractivity contribution is 6.32. The van der Waals surface area contributed by atoms with E-state index in [4.69, 9.17) is 23.7 Å². The summed E-state index contributed by atoms with van der Waals surface area (Å²) in [5.41, 5.74) is 3.29. The predicted molar refractivity (Wildman–Crippen MR) is 168 cm³/mol. The van der Waals surface area contributed by atoms with Gasteiger partial charge in [-0.3, -0.25) is 24.0 Å². The zero-order chi connectivity index (χ0) is 34.4. The van der Waals surface area contributed by atoms with Crippen molar-refractivity contribution in [1.82, 2.24) is 15.0 Å². The molecule has 0 aliphatic carbocycles. The quantitative estimate of drug-likeness (QED) is 0.178. The maximum Gasteiger partial charge on any atom is 0.303 e. The van der Waals surface area contributed by atoms with E-state index in [1.807, 2.05) is 66.7 Å². The molecule has 14 nitrogen and oxygen atoms in total. The number of carbonyl (C=O) groups excluding carboxylic acids is 5. The number of benzene rings is 2. The molecule has 2 aromatic carbocycles. The van der Waals surface area contributed by atoms with Gasteiger partial charge in [0, 0.05) is 38.8 Å². The molecule has 14 heteroatoms. The Morgan fingerprint density at radius 2 is 1.48 bits per heavy atom. The summed E-state index contributed by atoms with van der Waals surface area (Å²) in [6, 6.07) is 17.1. The molecule has 0 saturated carbocycles. The van der Waals surface area contributed by atoms with E-state index in [1.54, 1.807) is 11.0 Å². The lowest BCUT2D eigenvalue weighted by Gasteiger charge is -2.44. The van der Waals surface area contributed by atoms with Crippen molar-refractivity contribution in [2.45, 2.75) is 64.9 Å². The topological polar surface area (TPSA) is 165 Å². The van der Waals surface area contributed by atoms with Gasteiger partial charge >= 0.3 is 23.9 Å². The molecule has 2 aliphatic rings. The van der Waals surface area contributed by atoms with Crippen molar-refractivity contribution in [1.29, 1.82) is 0 Å². The van der Waals surface area contributed by atoms with Crippen LogP contribution in [0.2, 0.25) is 0 Å². The number of hydrogen-bond acceptors (Lipinski definition) is 12. The molecule has 48 heavy (non-hydrogen) atoms. The fourth-order valence-corrected chi connectivity index (χ4v) is 5.54. The first-order valence-corrected chi connectivity index (χ1v) is 15.1. The van der Waals surface area contributed by atoms with Crippen molar-refractivity contribution in [3.63, 3.8) is 0 Å². The van der Waals surface area contributed by atoms with Crippen molar-refractivity contribution in [3.8, 4) is 0 Å². The summed E-state index contributed by atoms with van der Waals surface area (Å²) in [6.45, 7) is 4.26. The van der Waals surface area contributed by atoms with Crippen LogP contribution in [-0.4, -0.2) is 75.8 Å². The van der Waals surface area contributed by atoms with Gasteiger partial charge in [0.1, 0.15) is 18.4 Å². The van der Waals surface area contributed by atoms with E-state index >= 15 is 0 Å². The van der Waals surface area contributed by atoms with Crippen LogP contribution in [0.15, 0.2) is 72.9 Å². The van der Waals surface area contributed by atoms with Gasteiger partial charge in [0.2, 0.25) is 0 Å². The number of allylic oxidation sites excluding steroid dienone is 2. The summed E-state index contributed by atoms with van der Waals surface area (Å²) in [4.78, 5) is 63.3. The summed E-state index contributed by atoms with van der Waals surface area (Å²) >= 11 is 0. The van der Waals surface area contributed by atoms with Gasteiger partial charge in [0.25, 0.3) is 5.91 Å². The first-order valence-electron chi connectivity index (χ1n) is 15.1. The molecule has 2 aliphatic heterocycles. The van der Waals surface area contributed by atoms with Gasteiger partial charge in [0.15, 0.2) is 24.5 Å². The highest BCUT2D eigenvalue weighted by Gasteiger charge is 2.53. The number of amides is 1. The Morgan fingerprint density at radius 3 is 2.17 bits per heavy atom. The third-order valence-corrected chi connectivity index (χ3v) is 7.42. The number of anilines is 1. The molecule has 1 aromatic heterocycles. The Bertz CT molecular complexity index is 1750. The minimum absolute atomic E-state index is 0.0286. The number of carbonyl (C=O) groups is 5. The van der Waals surface area contributed by atoms with Crippen LogP contribution >= 0.6 is 0 Å². The van der Waals surface area contributed by atoms with Gasteiger partial charge in [-0.05, 0) is 17.7 Å². The molecule has 3 heterocycles. The predicted octanol–water partition coefficient (Wildman–Crippen LogP) is 3.18. The Kier molecular flexibility index (Phi) is 10.4. The van der Waals surface area contributed by atoms with Crippen LogP contribution in [0.25, 0.3) is 11.6 Å². The Morgan fingerprint density at radius 1 is 0.833 bits per heavy atom. The number of aromatic nitrogens is 3. The van der Waals surface area contributed by atoms with Crippen LogP contribution in [0.1, 0.15) is 50.7 Å². The first-order chi connectivity index (χ1) is 23.0. The van der Waals surface area contributed by atoms with Crippen molar-refractivity contribution in [3.05, 3.63) is 89.8 Å². The van der Waals surface area contributed by atoms with Crippen LogP contribution in [0.3, 0.4) is 0 Å². The molecule has 5 rings (SSSR count). The molecule has 250 valence electrons. The Hall–Kier alpha value is -5.63. The van der Waals surface area contributed by atoms with E-state index in [9.17, 15) is 24.0 Å². The largest absolute Gasteiger partial charge is 0.463 e. The molecule has 1 fully saturated rings. The summed E-state index contributed by atoms with van der Waals surface area (Å²) in [7, 11) is 0. The molecule has 3 aromatic rings. The number of fused-ring (bicyclic) bond motifs is 1. The molecule has 0 spiro atoms. The molecule has 1 amide bonds. The fourth-order valence-electron chi connectivity index (χ4n) is 5.54. The fraction of sp³-hybridized carbons (Fsp3) is 0.324. The van der Waals surface area contributed by atoms with Crippen molar-refractivity contribution in [2.24, 2.45) is 0 Å². The second-order valence-electron chi connectivity index (χ2n) is 11.0. The summed E-state index contributed by atoms with van der Waals surface area (Å²) in [5, 5.41) is 8.42. The molecule has 0 bridgehead atoms. The SMILES string of the molecule is CC(=O)OC[C@H]1O[C@@H](n2cc(CN3C(=O)/C(=C\C=C\c4ccccc4)c4ccccc43)nn2)[C@H](OC(C)=O)[C@@H](OC(C)=O)[C@@H]1OC(C)=O. The van der Waals surface area contributed by atoms with E-state index in [2.05, 4.69) is 10.3 Å². The molecule has 1 saturated heterocycles. The van der Waals surface area contributed by atoms with E-state index in [-0.39, 0.29) is 19.1 Å². The third-order valence-electron chi connectivity index (χ3n) is 7.42. The third kappa shape index (κ3) is 7.83. The van der Waals surface area contributed by atoms with Gasteiger partial charge in [-0.1, -0.05) is 65.9 Å². The molecular formula is C34H34N4O10. The number of ether oxygens (including phenoxy) is 5. The maximum atomic E-state index is 13.7. The number of hydrogen-bond donors (Lipinski definition) is 0. The van der Waals surface area contributed by atoms with Gasteiger partial charge in [-0.25, -0.2) is 4.68 Å². The maximum absolute atomic E-state index is 13.7. The summed E-state index contributed by atoms with van der Waals surface area (Å²) < 4.78 is 29.0. The monoisotopic (exact) mass is 658 g/mol. The van der Waals surface area contributed by atoms with E-state index in [0.717, 1.165) is 31.9 Å². The van der Waals surface area contributed by atoms with Gasteiger partial charge in [0.05, 0.1) is 18.4 Å². The van der Waals surface area contributed by atoms with E-state index in [1.165, 1.54) is 17.8 Å². The minimum atomic E-state index is -1.37. The van der Waals surface area contributed by atoms with Gasteiger partial charge in [-0.2, -0.15) is 0 Å². The van der Waals surface area contributed by atoms with E-state index in [0.29, 0.717) is 17.0 Å². The number of rotatable bonds is 10. The Balaban J connectivity index is 1.44. The number of nitrogens with zero attached hydrogens (tertiary/aromatic N) is 4. The second kappa shape index (κ2) is 14.9.